The quantitative estimate of drug-likeness (QED) is 0.410. The first kappa shape index (κ1) is 21.4. The predicted octanol–water partition coefficient (Wildman–Crippen LogP) is 5.19. The van der Waals surface area contributed by atoms with E-state index in [1.165, 1.54) is 6.07 Å². The maximum absolute atomic E-state index is 12.9. The van der Waals surface area contributed by atoms with Gasteiger partial charge in [0.05, 0.1) is 5.69 Å². The van der Waals surface area contributed by atoms with Crippen molar-refractivity contribution in [1.82, 2.24) is 4.83 Å². The minimum atomic E-state index is -4.13. The van der Waals surface area contributed by atoms with Crippen LogP contribution in [-0.2, 0) is 14.8 Å². The van der Waals surface area contributed by atoms with Gasteiger partial charge >= 0.3 is 0 Å². The number of carbonyl (C=O) groups excluding carboxylic acids is 1. The number of amides is 1. The Morgan fingerprint density at radius 1 is 1.03 bits per heavy atom. The number of sulfonamides is 1. The molecule has 3 rings (SSSR count). The molecular formula is C21H23ClN2O4S. The zero-order valence-electron chi connectivity index (χ0n) is 16.6. The zero-order chi connectivity index (χ0) is 21.3. The molecule has 0 aliphatic carbocycles. The molecule has 0 aliphatic heterocycles. The Morgan fingerprint density at radius 3 is 2.14 bits per heavy atom. The number of furan rings is 1. The predicted molar refractivity (Wildman–Crippen MR) is 115 cm³/mol. The van der Waals surface area contributed by atoms with Gasteiger partial charge in [0.15, 0.2) is 0 Å². The summed E-state index contributed by atoms with van der Waals surface area (Å²) in [5.74, 6) is 0.0266. The molecule has 1 amide bonds. The SMILES string of the molecule is CC(C)c1cc(Cl)cc(C(C)C)c1N(C=O)NS(=O)(=O)c1cc2ccccc2o1. The van der Waals surface area contributed by atoms with Crippen LogP contribution in [0.15, 0.2) is 52.0 Å². The Balaban J connectivity index is 2.09. The number of nitrogens with zero attached hydrogens (tertiary/aromatic N) is 1. The van der Waals surface area contributed by atoms with E-state index < -0.39 is 10.0 Å². The lowest BCUT2D eigenvalue weighted by Crippen LogP contribution is -2.42. The van der Waals surface area contributed by atoms with Gasteiger partial charge in [0, 0.05) is 16.5 Å². The van der Waals surface area contributed by atoms with Crippen LogP contribution in [0.3, 0.4) is 0 Å². The number of nitrogens with one attached hydrogen (secondary N) is 1. The molecule has 6 nitrogen and oxygen atoms in total. The third-order valence-electron chi connectivity index (χ3n) is 4.61. The first-order valence-electron chi connectivity index (χ1n) is 9.23. The number of hydrogen-bond acceptors (Lipinski definition) is 4. The summed E-state index contributed by atoms with van der Waals surface area (Å²) in [4.78, 5) is 14.3. The smallest absolute Gasteiger partial charge is 0.291 e. The van der Waals surface area contributed by atoms with Crippen molar-refractivity contribution in [3.63, 3.8) is 0 Å². The van der Waals surface area contributed by atoms with Crippen molar-refractivity contribution in [3.05, 3.63) is 58.6 Å². The standard InChI is InChI=1S/C21H23ClN2O4S/c1-13(2)17-10-16(22)11-18(14(3)4)21(17)24(12-25)23-29(26,27)20-9-15-7-5-6-8-19(15)28-20/h5-14,23H,1-4H3. The lowest BCUT2D eigenvalue weighted by Gasteiger charge is -2.27. The van der Waals surface area contributed by atoms with Crippen molar-refractivity contribution in [2.24, 2.45) is 0 Å². The molecule has 1 N–H and O–H groups in total. The summed E-state index contributed by atoms with van der Waals surface area (Å²) in [5, 5.41) is 1.91. The van der Waals surface area contributed by atoms with Crippen LogP contribution >= 0.6 is 11.6 Å². The van der Waals surface area contributed by atoms with Crippen molar-refractivity contribution in [2.45, 2.75) is 44.6 Å². The van der Waals surface area contributed by atoms with E-state index in [2.05, 4.69) is 4.83 Å². The fourth-order valence-corrected chi connectivity index (χ4v) is 4.38. The van der Waals surface area contributed by atoms with Crippen LogP contribution in [0, 0.1) is 0 Å². The second kappa shape index (κ2) is 8.18. The third kappa shape index (κ3) is 4.32. The Labute approximate surface area is 175 Å². The van der Waals surface area contributed by atoms with Crippen molar-refractivity contribution in [2.75, 3.05) is 5.01 Å². The van der Waals surface area contributed by atoms with E-state index in [-0.39, 0.29) is 16.9 Å². The molecule has 1 aromatic heterocycles. The van der Waals surface area contributed by atoms with Crippen LogP contribution in [-0.4, -0.2) is 14.8 Å². The third-order valence-corrected chi connectivity index (χ3v) is 6.00. The summed E-state index contributed by atoms with van der Waals surface area (Å²) in [6.45, 7) is 7.82. The van der Waals surface area contributed by atoms with E-state index in [0.29, 0.717) is 28.1 Å². The number of carbonyl (C=O) groups is 1. The van der Waals surface area contributed by atoms with E-state index in [4.69, 9.17) is 16.0 Å². The number of halogens is 1. The van der Waals surface area contributed by atoms with Gasteiger partial charge in [-0.05, 0) is 41.2 Å². The van der Waals surface area contributed by atoms with Gasteiger partial charge < -0.3 is 4.42 Å². The van der Waals surface area contributed by atoms with Crippen molar-refractivity contribution < 1.29 is 17.6 Å². The normalized spacial score (nSPS) is 12.1. The summed E-state index contributed by atoms with van der Waals surface area (Å²) in [7, 11) is -4.13. The molecule has 0 saturated heterocycles. The fourth-order valence-electron chi connectivity index (χ4n) is 3.18. The highest BCUT2D eigenvalue weighted by atomic mass is 35.5. The molecule has 0 radical (unpaired) electrons. The van der Waals surface area contributed by atoms with Crippen LogP contribution in [0.4, 0.5) is 5.69 Å². The monoisotopic (exact) mass is 434 g/mol. The van der Waals surface area contributed by atoms with Crippen molar-refractivity contribution in [1.29, 1.82) is 0 Å². The molecule has 8 heteroatoms. The summed E-state index contributed by atoms with van der Waals surface area (Å²) < 4.78 is 31.4. The maximum Gasteiger partial charge on any atom is 0.291 e. The Kier molecular flexibility index (Phi) is 6.03. The van der Waals surface area contributed by atoms with Gasteiger partial charge in [0.2, 0.25) is 11.5 Å². The van der Waals surface area contributed by atoms with Crippen LogP contribution in [0.25, 0.3) is 11.0 Å². The average molecular weight is 435 g/mol. The Bertz CT molecular complexity index is 1090. The maximum atomic E-state index is 12.9. The minimum Gasteiger partial charge on any atom is -0.443 e. The van der Waals surface area contributed by atoms with Gasteiger partial charge in [-0.25, -0.2) is 13.4 Å². The number of fused-ring (bicyclic) bond motifs is 1. The van der Waals surface area contributed by atoms with E-state index >= 15 is 0 Å². The van der Waals surface area contributed by atoms with Gasteiger partial charge in [0.25, 0.3) is 10.0 Å². The van der Waals surface area contributed by atoms with E-state index in [9.17, 15) is 13.2 Å². The lowest BCUT2D eigenvalue weighted by atomic mass is 9.92. The Hall–Kier alpha value is -2.35. The van der Waals surface area contributed by atoms with Crippen LogP contribution in [0.5, 0.6) is 0 Å². The van der Waals surface area contributed by atoms with Gasteiger partial charge in [-0.2, -0.15) is 0 Å². The van der Waals surface area contributed by atoms with Gasteiger partial charge in [-0.3, -0.25) is 4.79 Å². The lowest BCUT2D eigenvalue weighted by molar-refractivity contribution is -0.107. The number of rotatable bonds is 7. The van der Waals surface area contributed by atoms with Crippen LogP contribution in [0.2, 0.25) is 5.02 Å². The minimum absolute atomic E-state index is 0.0133. The number of hydrogen-bond donors (Lipinski definition) is 1. The largest absolute Gasteiger partial charge is 0.443 e. The number of para-hydroxylation sites is 1. The van der Waals surface area contributed by atoms with E-state index in [1.807, 2.05) is 27.7 Å². The molecule has 0 atom stereocenters. The van der Waals surface area contributed by atoms with Crippen LogP contribution in [0.1, 0.15) is 50.7 Å². The number of anilines is 1. The molecule has 0 unspecified atom stereocenters. The molecule has 3 aromatic rings. The van der Waals surface area contributed by atoms with E-state index in [0.717, 1.165) is 16.1 Å². The second-order valence-corrected chi connectivity index (χ2v) is 9.44. The van der Waals surface area contributed by atoms with Gasteiger partial charge in [-0.15, -0.1) is 4.83 Å². The molecule has 0 saturated carbocycles. The number of hydrazine groups is 1. The highest BCUT2D eigenvalue weighted by molar-refractivity contribution is 7.89. The van der Waals surface area contributed by atoms with Crippen LogP contribution < -0.4 is 9.84 Å². The molecule has 0 fully saturated rings. The molecule has 0 aliphatic rings. The molecular weight excluding hydrogens is 412 g/mol. The average Bonchev–Trinajstić information content (AvgIpc) is 3.10. The molecule has 0 bridgehead atoms. The van der Waals surface area contributed by atoms with Gasteiger partial charge in [0.1, 0.15) is 5.58 Å². The van der Waals surface area contributed by atoms with Crippen molar-refractivity contribution >= 4 is 44.7 Å². The highest BCUT2D eigenvalue weighted by Crippen LogP contribution is 2.37. The second-order valence-electron chi connectivity index (χ2n) is 7.42. The summed E-state index contributed by atoms with van der Waals surface area (Å²) in [6.07, 6.45) is 0.446. The summed E-state index contributed by atoms with van der Waals surface area (Å²) >= 11 is 6.27. The highest BCUT2D eigenvalue weighted by Gasteiger charge is 2.27. The zero-order valence-corrected chi connectivity index (χ0v) is 18.2. The Morgan fingerprint density at radius 2 is 1.62 bits per heavy atom. The molecule has 29 heavy (non-hydrogen) atoms. The summed E-state index contributed by atoms with van der Waals surface area (Å²) in [6, 6.07) is 11.9. The summed E-state index contributed by atoms with van der Waals surface area (Å²) in [5.41, 5.74) is 2.46. The number of benzene rings is 2. The fraction of sp³-hybridized carbons (Fsp3) is 0.286. The molecule has 2 aromatic carbocycles. The van der Waals surface area contributed by atoms with Gasteiger partial charge in [-0.1, -0.05) is 57.5 Å². The molecule has 0 spiro atoms. The molecule has 1 heterocycles. The van der Waals surface area contributed by atoms with Crippen molar-refractivity contribution in [3.8, 4) is 0 Å². The first-order chi connectivity index (χ1) is 13.6. The topological polar surface area (TPSA) is 79.6 Å². The molecule has 154 valence electrons. The first-order valence-corrected chi connectivity index (χ1v) is 11.1. The van der Waals surface area contributed by atoms with E-state index in [1.54, 1.807) is 36.4 Å².